The molecule has 0 fully saturated rings. The molecule has 0 amide bonds. The minimum absolute atomic E-state index is 0.228. The van der Waals surface area contributed by atoms with Gasteiger partial charge in [0.2, 0.25) is 0 Å². The molecule has 1 atom stereocenters. The summed E-state index contributed by atoms with van der Waals surface area (Å²) < 4.78 is 22.1. The van der Waals surface area contributed by atoms with E-state index in [4.69, 9.17) is 0 Å². The summed E-state index contributed by atoms with van der Waals surface area (Å²) in [7, 11) is -3.15. The fraction of sp³-hybridized carbons (Fsp3) is 0.500. The molecule has 3 nitrogen and oxygen atoms in total. The molecule has 1 rings (SSSR count). The molecule has 4 heteroatoms. The molecule has 90 valence electrons. The lowest BCUT2D eigenvalue weighted by Gasteiger charge is -2.11. The third-order valence-corrected chi connectivity index (χ3v) is 3.37. The van der Waals surface area contributed by atoms with E-state index in [0.29, 0.717) is 11.5 Å². The van der Waals surface area contributed by atoms with Crippen molar-refractivity contribution in [2.75, 3.05) is 12.0 Å². The lowest BCUT2D eigenvalue weighted by molar-refractivity contribution is 0.202. The van der Waals surface area contributed by atoms with Crippen molar-refractivity contribution in [3.63, 3.8) is 0 Å². The van der Waals surface area contributed by atoms with E-state index >= 15 is 0 Å². The van der Waals surface area contributed by atoms with Crippen LogP contribution in [0.25, 0.3) is 0 Å². The zero-order valence-corrected chi connectivity index (χ0v) is 10.7. The summed E-state index contributed by atoms with van der Waals surface area (Å²) in [6, 6.07) is 7.41. The topological polar surface area (TPSA) is 54.4 Å². The van der Waals surface area contributed by atoms with Crippen LogP contribution < -0.4 is 0 Å². The highest BCUT2D eigenvalue weighted by Crippen LogP contribution is 2.19. The fourth-order valence-corrected chi connectivity index (χ4v) is 2.25. The first-order chi connectivity index (χ1) is 7.29. The van der Waals surface area contributed by atoms with Crippen molar-refractivity contribution in [2.45, 2.75) is 25.9 Å². The van der Waals surface area contributed by atoms with Crippen molar-refractivity contribution in [3.8, 4) is 0 Å². The molecular weight excluding hydrogens is 224 g/mol. The molecule has 0 aliphatic carbocycles. The van der Waals surface area contributed by atoms with Crippen molar-refractivity contribution < 1.29 is 13.5 Å². The second-order valence-corrected chi connectivity index (χ2v) is 6.61. The molecule has 0 aliphatic rings. The molecule has 0 radical (unpaired) electrons. The van der Waals surface area contributed by atoms with E-state index in [2.05, 4.69) is 13.8 Å². The molecule has 0 saturated carbocycles. The Kier molecular flexibility index (Phi) is 4.10. The number of rotatable bonds is 4. The Morgan fingerprint density at radius 3 is 1.94 bits per heavy atom. The van der Waals surface area contributed by atoms with Crippen LogP contribution in [0.1, 0.15) is 37.0 Å². The summed E-state index contributed by atoms with van der Waals surface area (Å²) in [5.41, 5.74) is 1.82. The minimum atomic E-state index is -3.15. The lowest BCUT2D eigenvalue weighted by atomic mass is 10.0. The van der Waals surface area contributed by atoms with Gasteiger partial charge < -0.3 is 5.11 Å². The largest absolute Gasteiger partial charge is 0.387 e. The van der Waals surface area contributed by atoms with Crippen LogP contribution >= 0.6 is 0 Å². The molecule has 0 spiro atoms. The first-order valence-corrected chi connectivity index (χ1v) is 7.31. The predicted octanol–water partition coefficient (Wildman–Crippen LogP) is 1.89. The smallest absolute Gasteiger partial charge is 0.150 e. The Bertz CT molecular complexity index is 432. The Labute approximate surface area is 97.0 Å². The minimum Gasteiger partial charge on any atom is -0.387 e. The fourth-order valence-electron chi connectivity index (χ4n) is 1.49. The molecular formula is C12H18O3S. The van der Waals surface area contributed by atoms with Crippen molar-refractivity contribution in [1.82, 2.24) is 0 Å². The van der Waals surface area contributed by atoms with Gasteiger partial charge in [0.15, 0.2) is 0 Å². The molecule has 1 unspecified atom stereocenters. The van der Waals surface area contributed by atoms with Gasteiger partial charge in [-0.05, 0) is 17.0 Å². The molecule has 0 saturated heterocycles. The average molecular weight is 242 g/mol. The van der Waals surface area contributed by atoms with Crippen LogP contribution in [0, 0.1) is 0 Å². The summed E-state index contributed by atoms with van der Waals surface area (Å²) >= 11 is 0. The first kappa shape index (κ1) is 13.2. The summed E-state index contributed by atoms with van der Waals surface area (Å²) in [4.78, 5) is 0. The van der Waals surface area contributed by atoms with Gasteiger partial charge in [0, 0.05) is 6.26 Å². The van der Waals surface area contributed by atoms with Gasteiger partial charge >= 0.3 is 0 Å². The van der Waals surface area contributed by atoms with Gasteiger partial charge in [0.25, 0.3) is 0 Å². The van der Waals surface area contributed by atoms with Crippen LogP contribution in [0.5, 0.6) is 0 Å². The van der Waals surface area contributed by atoms with Crippen molar-refractivity contribution >= 4 is 9.84 Å². The molecule has 0 heterocycles. The van der Waals surface area contributed by atoms with E-state index in [0.717, 1.165) is 6.26 Å². The Morgan fingerprint density at radius 2 is 1.56 bits per heavy atom. The summed E-state index contributed by atoms with van der Waals surface area (Å²) in [6.45, 7) is 4.17. The monoisotopic (exact) mass is 242 g/mol. The second-order valence-electron chi connectivity index (χ2n) is 4.43. The average Bonchev–Trinajstić information content (AvgIpc) is 2.15. The number of benzene rings is 1. The normalized spacial score (nSPS) is 14.1. The second kappa shape index (κ2) is 4.97. The van der Waals surface area contributed by atoms with Gasteiger partial charge in [-0.1, -0.05) is 38.1 Å². The van der Waals surface area contributed by atoms with Crippen LogP contribution in [0.15, 0.2) is 24.3 Å². The maximum atomic E-state index is 11.0. The van der Waals surface area contributed by atoms with Crippen LogP contribution in [-0.2, 0) is 9.84 Å². The number of hydrogen-bond acceptors (Lipinski definition) is 3. The molecule has 0 aliphatic heterocycles. The van der Waals surface area contributed by atoms with Gasteiger partial charge in [-0.25, -0.2) is 8.42 Å². The summed E-state index contributed by atoms with van der Waals surface area (Å²) in [6.07, 6.45) is 0.190. The van der Waals surface area contributed by atoms with E-state index in [-0.39, 0.29) is 5.75 Å². The van der Waals surface area contributed by atoms with Gasteiger partial charge in [-0.2, -0.15) is 0 Å². The van der Waals surface area contributed by atoms with E-state index in [1.165, 1.54) is 5.56 Å². The van der Waals surface area contributed by atoms with Crippen LogP contribution in [-0.4, -0.2) is 25.5 Å². The third kappa shape index (κ3) is 3.94. The SMILES string of the molecule is CC(C)c1ccc(C(O)CS(C)(=O)=O)cc1. The van der Waals surface area contributed by atoms with Gasteiger partial charge in [0.05, 0.1) is 11.9 Å². The molecule has 1 N–H and O–H groups in total. The zero-order valence-electron chi connectivity index (χ0n) is 9.84. The third-order valence-electron chi connectivity index (χ3n) is 2.45. The van der Waals surface area contributed by atoms with Crippen molar-refractivity contribution in [3.05, 3.63) is 35.4 Å². The summed E-state index contributed by atoms with van der Waals surface area (Å²) in [5, 5.41) is 9.71. The number of aliphatic hydroxyl groups excluding tert-OH is 1. The van der Waals surface area contributed by atoms with Crippen molar-refractivity contribution in [1.29, 1.82) is 0 Å². The lowest BCUT2D eigenvalue weighted by Crippen LogP contribution is -2.12. The van der Waals surface area contributed by atoms with Gasteiger partial charge in [0.1, 0.15) is 9.84 Å². The van der Waals surface area contributed by atoms with E-state index in [1.807, 2.05) is 12.1 Å². The van der Waals surface area contributed by atoms with Gasteiger partial charge in [-0.15, -0.1) is 0 Å². The highest BCUT2D eigenvalue weighted by Gasteiger charge is 2.14. The Hall–Kier alpha value is -0.870. The van der Waals surface area contributed by atoms with E-state index in [9.17, 15) is 13.5 Å². The van der Waals surface area contributed by atoms with E-state index in [1.54, 1.807) is 12.1 Å². The predicted molar refractivity (Wildman–Crippen MR) is 65.2 cm³/mol. The van der Waals surface area contributed by atoms with Crippen molar-refractivity contribution in [2.24, 2.45) is 0 Å². The number of sulfone groups is 1. The highest BCUT2D eigenvalue weighted by molar-refractivity contribution is 7.90. The Morgan fingerprint density at radius 1 is 1.12 bits per heavy atom. The van der Waals surface area contributed by atoms with Crippen LogP contribution in [0.2, 0.25) is 0 Å². The molecule has 1 aromatic carbocycles. The van der Waals surface area contributed by atoms with Gasteiger partial charge in [-0.3, -0.25) is 0 Å². The number of aliphatic hydroxyl groups is 1. The molecule has 0 aromatic heterocycles. The standard InChI is InChI=1S/C12H18O3S/c1-9(2)10-4-6-11(7-5-10)12(13)8-16(3,14)15/h4-7,9,12-13H,8H2,1-3H3. The van der Waals surface area contributed by atoms with Crippen LogP contribution in [0.4, 0.5) is 0 Å². The Balaban J connectivity index is 2.82. The highest BCUT2D eigenvalue weighted by atomic mass is 32.2. The maximum Gasteiger partial charge on any atom is 0.150 e. The van der Waals surface area contributed by atoms with E-state index < -0.39 is 15.9 Å². The first-order valence-electron chi connectivity index (χ1n) is 5.25. The maximum absolute atomic E-state index is 11.0. The van der Waals surface area contributed by atoms with Crippen LogP contribution in [0.3, 0.4) is 0 Å². The molecule has 0 bridgehead atoms. The number of hydrogen-bond donors (Lipinski definition) is 1. The molecule has 1 aromatic rings. The zero-order chi connectivity index (χ0) is 12.3. The summed E-state index contributed by atoms with van der Waals surface area (Å²) in [5.74, 6) is 0.203. The quantitative estimate of drug-likeness (QED) is 0.877. The molecule has 16 heavy (non-hydrogen) atoms.